The van der Waals surface area contributed by atoms with Crippen LogP contribution >= 0.6 is 0 Å². The van der Waals surface area contributed by atoms with E-state index in [0.29, 0.717) is 0 Å². The molecule has 0 radical (unpaired) electrons. The van der Waals surface area contributed by atoms with Crippen molar-refractivity contribution in [1.82, 2.24) is 10.6 Å². The summed E-state index contributed by atoms with van der Waals surface area (Å²) in [6.45, 7) is 11.0. The van der Waals surface area contributed by atoms with Gasteiger partial charge in [0.05, 0.1) is 0 Å². The van der Waals surface area contributed by atoms with E-state index in [0.717, 1.165) is 37.2 Å². The maximum Gasteiger partial charge on any atom is 0.246 e. The number of carbonyl (C=O) groups is 1. The van der Waals surface area contributed by atoms with Crippen LogP contribution in [0.2, 0.25) is 0 Å². The summed E-state index contributed by atoms with van der Waals surface area (Å²) in [5.74, 6) is 0.0738. The maximum absolute atomic E-state index is 11.7. The van der Waals surface area contributed by atoms with Gasteiger partial charge in [-0.2, -0.15) is 0 Å². The zero-order valence-corrected chi connectivity index (χ0v) is 16.8. The number of rotatable bonds is 16. The summed E-state index contributed by atoms with van der Waals surface area (Å²) < 4.78 is 0. The summed E-state index contributed by atoms with van der Waals surface area (Å²) in [5, 5.41) is 6.44. The van der Waals surface area contributed by atoms with Gasteiger partial charge >= 0.3 is 0 Å². The molecule has 0 unspecified atom stereocenters. The van der Waals surface area contributed by atoms with Gasteiger partial charge in [-0.3, -0.25) is 4.79 Å². The minimum atomic E-state index is 0.0738. The van der Waals surface area contributed by atoms with Gasteiger partial charge in [0.1, 0.15) is 0 Å². The van der Waals surface area contributed by atoms with Crippen molar-refractivity contribution in [2.75, 3.05) is 19.6 Å². The van der Waals surface area contributed by atoms with Gasteiger partial charge in [0.2, 0.25) is 5.91 Å². The van der Waals surface area contributed by atoms with Crippen molar-refractivity contribution in [3.05, 3.63) is 11.1 Å². The van der Waals surface area contributed by atoms with E-state index in [1.54, 1.807) is 0 Å². The molecule has 0 aromatic carbocycles. The molecule has 0 bridgehead atoms. The third-order valence-electron chi connectivity index (χ3n) is 4.61. The molecule has 0 saturated carbocycles. The Labute approximate surface area is 151 Å². The average Bonchev–Trinajstić information content (AvgIpc) is 2.57. The van der Waals surface area contributed by atoms with Crippen molar-refractivity contribution in [3.63, 3.8) is 0 Å². The first-order valence-corrected chi connectivity index (χ1v) is 10.2. The van der Waals surface area contributed by atoms with Crippen LogP contribution in [0.15, 0.2) is 11.1 Å². The largest absolute Gasteiger partial charge is 0.352 e. The number of allylic oxidation sites excluding steroid dienone is 1. The molecule has 2 N–H and O–H groups in total. The first-order chi connectivity index (χ1) is 11.6. The monoisotopic (exact) mass is 338 g/mol. The molecule has 0 atom stereocenters. The predicted octanol–water partition coefficient (Wildman–Crippen LogP) is 5.36. The highest BCUT2D eigenvalue weighted by Gasteiger charge is 2.03. The van der Waals surface area contributed by atoms with Gasteiger partial charge in [0, 0.05) is 12.1 Å². The molecule has 142 valence electrons. The van der Waals surface area contributed by atoms with Gasteiger partial charge in [-0.25, -0.2) is 0 Å². The molecule has 0 heterocycles. The molecule has 0 fully saturated rings. The molecule has 0 aromatic heterocycles. The summed E-state index contributed by atoms with van der Waals surface area (Å²) in [4.78, 5) is 11.7. The summed E-state index contributed by atoms with van der Waals surface area (Å²) in [5.41, 5.74) is 1.93. The second-order valence-electron chi connectivity index (χ2n) is 7.17. The van der Waals surface area contributed by atoms with E-state index < -0.39 is 0 Å². The molecule has 3 nitrogen and oxygen atoms in total. The Morgan fingerprint density at radius 1 is 0.667 bits per heavy atom. The molecule has 0 aliphatic carbocycles. The highest BCUT2D eigenvalue weighted by Crippen LogP contribution is 2.10. The zero-order chi connectivity index (χ0) is 18.0. The van der Waals surface area contributed by atoms with Gasteiger partial charge in [-0.05, 0) is 46.7 Å². The van der Waals surface area contributed by atoms with Crippen molar-refractivity contribution < 1.29 is 4.79 Å². The normalized spacial score (nSPS) is 10.7. The van der Waals surface area contributed by atoms with E-state index in [9.17, 15) is 4.79 Å². The highest BCUT2D eigenvalue weighted by atomic mass is 16.1. The molecule has 24 heavy (non-hydrogen) atoms. The number of hydrogen-bond acceptors (Lipinski definition) is 2. The fourth-order valence-corrected chi connectivity index (χ4v) is 2.64. The molecule has 0 aromatic rings. The first-order valence-electron chi connectivity index (χ1n) is 10.2. The molecule has 0 aliphatic rings. The Kier molecular flexibility index (Phi) is 16.4. The Morgan fingerprint density at radius 2 is 1.17 bits per heavy atom. The van der Waals surface area contributed by atoms with Crippen molar-refractivity contribution in [1.29, 1.82) is 0 Å². The second-order valence-corrected chi connectivity index (χ2v) is 7.17. The molecular formula is C21H42N2O. The number of unbranched alkanes of at least 4 members (excludes halogenated alkanes) is 9. The lowest BCUT2D eigenvalue weighted by Crippen LogP contribution is -2.28. The zero-order valence-electron chi connectivity index (χ0n) is 16.8. The van der Waals surface area contributed by atoms with Crippen LogP contribution in [0.4, 0.5) is 0 Å². The average molecular weight is 339 g/mol. The van der Waals surface area contributed by atoms with E-state index in [2.05, 4.69) is 17.6 Å². The van der Waals surface area contributed by atoms with Gasteiger partial charge in [-0.15, -0.1) is 0 Å². The van der Waals surface area contributed by atoms with Crippen LogP contribution in [-0.4, -0.2) is 25.5 Å². The fraction of sp³-hybridized carbons (Fsp3) is 0.857. The summed E-state index contributed by atoms with van der Waals surface area (Å²) in [6, 6.07) is 0. The molecule has 0 aliphatic heterocycles. The minimum Gasteiger partial charge on any atom is -0.352 e. The topological polar surface area (TPSA) is 41.1 Å². The molecule has 3 heteroatoms. The number of hydrogen-bond donors (Lipinski definition) is 2. The van der Waals surface area contributed by atoms with Crippen LogP contribution in [0.25, 0.3) is 0 Å². The standard InChI is InChI=1S/C21H42N2O/c1-5-6-7-8-9-10-11-12-13-14-16-22-17-15-18-23-21(24)20(4)19(2)3/h22H,5-18H2,1-4H3,(H,23,24). The summed E-state index contributed by atoms with van der Waals surface area (Å²) in [7, 11) is 0. The molecule has 1 amide bonds. The molecule has 0 rings (SSSR count). The third-order valence-corrected chi connectivity index (χ3v) is 4.61. The minimum absolute atomic E-state index is 0.0738. The quantitative estimate of drug-likeness (QED) is 0.294. The summed E-state index contributed by atoms with van der Waals surface area (Å²) in [6.07, 6.45) is 14.9. The number of amides is 1. The van der Waals surface area contributed by atoms with Crippen LogP contribution in [0.3, 0.4) is 0 Å². The van der Waals surface area contributed by atoms with Crippen molar-refractivity contribution in [2.45, 2.75) is 98.3 Å². The van der Waals surface area contributed by atoms with E-state index >= 15 is 0 Å². The van der Waals surface area contributed by atoms with E-state index in [1.165, 1.54) is 64.2 Å². The van der Waals surface area contributed by atoms with Gasteiger partial charge < -0.3 is 10.6 Å². The van der Waals surface area contributed by atoms with Crippen molar-refractivity contribution in [2.24, 2.45) is 0 Å². The predicted molar refractivity (Wildman–Crippen MR) is 106 cm³/mol. The van der Waals surface area contributed by atoms with Gasteiger partial charge in [-0.1, -0.05) is 70.3 Å². The second kappa shape index (κ2) is 17.0. The Morgan fingerprint density at radius 3 is 1.71 bits per heavy atom. The van der Waals surface area contributed by atoms with E-state index in [-0.39, 0.29) is 5.91 Å². The van der Waals surface area contributed by atoms with Crippen LogP contribution in [-0.2, 0) is 4.79 Å². The van der Waals surface area contributed by atoms with Crippen LogP contribution < -0.4 is 10.6 Å². The van der Waals surface area contributed by atoms with Crippen molar-refractivity contribution in [3.8, 4) is 0 Å². The van der Waals surface area contributed by atoms with E-state index in [1.807, 2.05) is 20.8 Å². The maximum atomic E-state index is 11.7. The molecule has 0 spiro atoms. The van der Waals surface area contributed by atoms with Crippen molar-refractivity contribution >= 4 is 5.91 Å². The SMILES string of the molecule is CCCCCCCCCCCCNCCCNC(=O)C(C)=C(C)C. The molecule has 0 saturated heterocycles. The summed E-state index contributed by atoms with van der Waals surface area (Å²) >= 11 is 0. The van der Waals surface area contributed by atoms with Gasteiger partial charge in [0.15, 0.2) is 0 Å². The number of nitrogens with one attached hydrogen (secondary N) is 2. The lowest BCUT2D eigenvalue weighted by Gasteiger charge is -2.08. The van der Waals surface area contributed by atoms with E-state index in [4.69, 9.17) is 0 Å². The first kappa shape index (κ1) is 23.2. The van der Waals surface area contributed by atoms with Gasteiger partial charge in [0.25, 0.3) is 0 Å². The third kappa shape index (κ3) is 14.7. The lowest BCUT2D eigenvalue weighted by molar-refractivity contribution is -0.117. The van der Waals surface area contributed by atoms with Crippen LogP contribution in [0, 0.1) is 0 Å². The Hall–Kier alpha value is -0.830. The Balaban J connectivity index is 3.21. The lowest BCUT2D eigenvalue weighted by atomic mass is 10.1. The van der Waals surface area contributed by atoms with Crippen LogP contribution in [0.5, 0.6) is 0 Å². The highest BCUT2D eigenvalue weighted by molar-refractivity contribution is 5.93. The smallest absolute Gasteiger partial charge is 0.246 e. The van der Waals surface area contributed by atoms with Crippen LogP contribution in [0.1, 0.15) is 98.3 Å². The molecular weight excluding hydrogens is 296 g/mol. The fourth-order valence-electron chi connectivity index (χ4n) is 2.64. The number of carbonyl (C=O) groups excluding carboxylic acids is 1. The Bertz CT molecular complexity index is 333.